The van der Waals surface area contributed by atoms with Gasteiger partial charge >= 0.3 is 11.9 Å². The summed E-state index contributed by atoms with van der Waals surface area (Å²) in [5, 5.41) is 32.5. The van der Waals surface area contributed by atoms with Crippen molar-refractivity contribution in [1.82, 2.24) is 9.97 Å². The Morgan fingerprint density at radius 1 is 0.667 bits per heavy atom. The predicted molar refractivity (Wildman–Crippen MR) is 84.3 cm³/mol. The molecule has 3 rings (SSSR count). The van der Waals surface area contributed by atoms with E-state index in [0.717, 1.165) is 22.1 Å². The maximum atomic E-state index is 9.77. The average molecular weight is 330 g/mol. The maximum Gasteiger partial charge on any atom is 0.335 e. The molecule has 124 valence electrons. The molecule has 0 aliphatic heterocycles. The molecule has 1 aromatic heterocycles. The topological polar surface area (TPSA) is 141 Å². The SMILES string of the molecule is O=C(O)C(O)C(O)C(=O)O.c1ccc2nc3ccccc3nc2c1. The Kier molecular flexibility index (Phi) is 5.35. The first-order chi connectivity index (χ1) is 11.4. The van der Waals surface area contributed by atoms with E-state index in [1.807, 2.05) is 48.5 Å². The molecule has 0 spiro atoms. The lowest BCUT2D eigenvalue weighted by Gasteiger charge is -2.07. The number of benzene rings is 2. The first-order valence-corrected chi connectivity index (χ1v) is 6.83. The zero-order valence-corrected chi connectivity index (χ0v) is 12.3. The number of para-hydroxylation sites is 4. The van der Waals surface area contributed by atoms with Gasteiger partial charge in [-0.3, -0.25) is 0 Å². The van der Waals surface area contributed by atoms with Crippen LogP contribution in [0.4, 0.5) is 0 Å². The van der Waals surface area contributed by atoms with Crippen LogP contribution in [0, 0.1) is 0 Å². The van der Waals surface area contributed by atoms with E-state index in [9.17, 15) is 9.59 Å². The van der Waals surface area contributed by atoms with Crippen molar-refractivity contribution in [3.63, 3.8) is 0 Å². The van der Waals surface area contributed by atoms with Crippen molar-refractivity contribution in [2.45, 2.75) is 12.2 Å². The first-order valence-electron chi connectivity index (χ1n) is 6.83. The van der Waals surface area contributed by atoms with Gasteiger partial charge in [-0.05, 0) is 24.3 Å². The molecule has 0 amide bonds. The molecule has 3 aromatic rings. The highest BCUT2D eigenvalue weighted by molar-refractivity contribution is 5.85. The molecule has 0 fully saturated rings. The number of rotatable bonds is 3. The zero-order valence-electron chi connectivity index (χ0n) is 12.3. The van der Waals surface area contributed by atoms with E-state index in [1.54, 1.807) is 0 Å². The minimum absolute atomic E-state index is 0.950. The van der Waals surface area contributed by atoms with Gasteiger partial charge in [-0.25, -0.2) is 19.6 Å². The van der Waals surface area contributed by atoms with E-state index in [4.69, 9.17) is 20.4 Å². The maximum absolute atomic E-state index is 9.77. The second-order valence-corrected chi connectivity index (χ2v) is 4.77. The number of carboxylic acid groups (broad SMARTS) is 2. The van der Waals surface area contributed by atoms with E-state index >= 15 is 0 Å². The van der Waals surface area contributed by atoms with E-state index in [1.165, 1.54) is 0 Å². The largest absolute Gasteiger partial charge is 0.479 e. The minimum Gasteiger partial charge on any atom is -0.479 e. The minimum atomic E-state index is -2.27. The Morgan fingerprint density at radius 3 is 1.12 bits per heavy atom. The highest BCUT2D eigenvalue weighted by atomic mass is 16.4. The van der Waals surface area contributed by atoms with Crippen LogP contribution in [-0.4, -0.2) is 54.5 Å². The molecule has 0 aliphatic rings. The number of nitrogens with zero attached hydrogens (tertiary/aromatic N) is 2. The molecule has 8 nitrogen and oxygen atoms in total. The zero-order chi connectivity index (χ0) is 17.7. The third kappa shape index (κ3) is 4.00. The van der Waals surface area contributed by atoms with Gasteiger partial charge in [0.05, 0.1) is 22.1 Å². The van der Waals surface area contributed by atoms with Crippen LogP contribution in [0.1, 0.15) is 0 Å². The average Bonchev–Trinajstić information content (AvgIpc) is 2.58. The van der Waals surface area contributed by atoms with Crippen molar-refractivity contribution >= 4 is 34.0 Å². The summed E-state index contributed by atoms with van der Waals surface area (Å²) >= 11 is 0. The normalized spacial score (nSPS) is 12.9. The van der Waals surface area contributed by atoms with Crippen molar-refractivity contribution in [1.29, 1.82) is 0 Å². The van der Waals surface area contributed by atoms with Gasteiger partial charge < -0.3 is 20.4 Å². The van der Waals surface area contributed by atoms with E-state index in [0.29, 0.717) is 0 Å². The van der Waals surface area contributed by atoms with Crippen LogP contribution in [0.2, 0.25) is 0 Å². The van der Waals surface area contributed by atoms with Crippen LogP contribution >= 0.6 is 0 Å². The van der Waals surface area contributed by atoms with Crippen molar-refractivity contribution in [3.8, 4) is 0 Å². The number of aliphatic hydroxyl groups excluding tert-OH is 2. The lowest BCUT2D eigenvalue weighted by molar-refractivity contribution is -0.165. The van der Waals surface area contributed by atoms with Crippen molar-refractivity contribution < 1.29 is 30.0 Å². The van der Waals surface area contributed by atoms with Gasteiger partial charge in [0.15, 0.2) is 12.2 Å². The van der Waals surface area contributed by atoms with Crippen LogP contribution in [0.3, 0.4) is 0 Å². The van der Waals surface area contributed by atoms with E-state index in [-0.39, 0.29) is 0 Å². The van der Waals surface area contributed by atoms with Gasteiger partial charge in [0.2, 0.25) is 0 Å². The van der Waals surface area contributed by atoms with Gasteiger partial charge in [0.25, 0.3) is 0 Å². The Bertz CT molecular complexity index is 759. The smallest absolute Gasteiger partial charge is 0.335 e. The molecule has 0 bridgehead atoms. The molecule has 2 atom stereocenters. The standard InChI is InChI=1S/C12H8N2.C4H6O6/c1-2-6-10-9(5-1)13-11-7-3-4-8-12(11)14-10;5-1(3(7)8)2(6)4(9)10/h1-8H;1-2,5-6H,(H,7,8)(H,9,10). The summed E-state index contributed by atoms with van der Waals surface area (Å²) in [7, 11) is 0. The molecule has 2 aromatic carbocycles. The van der Waals surface area contributed by atoms with Crippen LogP contribution in [0.15, 0.2) is 48.5 Å². The van der Waals surface area contributed by atoms with Gasteiger partial charge in [0.1, 0.15) is 0 Å². The number of carbonyl (C=O) groups is 2. The summed E-state index contributed by atoms with van der Waals surface area (Å²) in [5.74, 6) is -3.54. The van der Waals surface area contributed by atoms with Crippen LogP contribution in [0.25, 0.3) is 22.1 Å². The molecule has 2 unspecified atom stereocenters. The fourth-order valence-corrected chi connectivity index (χ4v) is 1.84. The second-order valence-electron chi connectivity index (χ2n) is 4.77. The highest BCUT2D eigenvalue weighted by Crippen LogP contribution is 2.14. The quantitative estimate of drug-likeness (QED) is 0.513. The first kappa shape index (κ1) is 17.3. The molecule has 0 aliphatic carbocycles. The molecule has 0 saturated heterocycles. The third-order valence-electron chi connectivity index (χ3n) is 3.05. The molecule has 1 heterocycles. The third-order valence-corrected chi connectivity index (χ3v) is 3.05. The number of aromatic nitrogens is 2. The van der Waals surface area contributed by atoms with Gasteiger partial charge in [-0.2, -0.15) is 0 Å². The predicted octanol–water partition coefficient (Wildman–Crippen LogP) is 0.660. The molecule has 0 radical (unpaired) electrons. The lowest BCUT2D eigenvalue weighted by atomic mass is 10.2. The summed E-state index contributed by atoms with van der Waals surface area (Å²) in [6, 6.07) is 15.8. The number of fused-ring (bicyclic) bond motifs is 2. The molecule has 4 N–H and O–H groups in total. The number of aliphatic carboxylic acids is 2. The molecule has 8 heteroatoms. The van der Waals surface area contributed by atoms with E-state index < -0.39 is 24.1 Å². The van der Waals surface area contributed by atoms with Gasteiger partial charge in [-0.15, -0.1) is 0 Å². The summed E-state index contributed by atoms with van der Waals surface area (Å²) in [5.41, 5.74) is 3.80. The Balaban J connectivity index is 0.000000187. The van der Waals surface area contributed by atoms with Gasteiger partial charge in [0, 0.05) is 0 Å². The van der Waals surface area contributed by atoms with Crippen LogP contribution < -0.4 is 0 Å². The Hall–Kier alpha value is -3.10. The number of hydrogen-bond donors (Lipinski definition) is 4. The number of aliphatic hydroxyl groups is 2. The van der Waals surface area contributed by atoms with Crippen molar-refractivity contribution in [2.24, 2.45) is 0 Å². The monoisotopic (exact) mass is 330 g/mol. The Labute approximate surface area is 135 Å². The number of carboxylic acids is 2. The fourth-order valence-electron chi connectivity index (χ4n) is 1.84. The summed E-state index contributed by atoms with van der Waals surface area (Å²) < 4.78 is 0. The summed E-state index contributed by atoms with van der Waals surface area (Å²) in [6.45, 7) is 0. The molecular formula is C16H14N2O6. The molecule has 0 saturated carbocycles. The van der Waals surface area contributed by atoms with Gasteiger partial charge in [-0.1, -0.05) is 24.3 Å². The summed E-state index contributed by atoms with van der Waals surface area (Å²) in [4.78, 5) is 28.6. The van der Waals surface area contributed by atoms with Crippen molar-refractivity contribution in [3.05, 3.63) is 48.5 Å². The van der Waals surface area contributed by atoms with Crippen molar-refractivity contribution in [2.75, 3.05) is 0 Å². The second kappa shape index (κ2) is 7.44. The number of hydrogen-bond acceptors (Lipinski definition) is 6. The Morgan fingerprint density at radius 2 is 0.917 bits per heavy atom. The molecular weight excluding hydrogens is 316 g/mol. The fraction of sp³-hybridized carbons (Fsp3) is 0.125. The van der Waals surface area contributed by atoms with Crippen LogP contribution in [0.5, 0.6) is 0 Å². The highest BCUT2D eigenvalue weighted by Gasteiger charge is 2.29. The van der Waals surface area contributed by atoms with E-state index in [2.05, 4.69) is 9.97 Å². The van der Waals surface area contributed by atoms with Crippen LogP contribution in [-0.2, 0) is 9.59 Å². The molecule has 24 heavy (non-hydrogen) atoms. The lowest BCUT2D eigenvalue weighted by Crippen LogP contribution is -2.39. The summed E-state index contributed by atoms with van der Waals surface area (Å²) in [6.07, 6.45) is -4.53.